The molecule has 8 atom stereocenters. The Kier molecular flexibility index (Phi) is 5.75. The molecule has 33 heavy (non-hydrogen) atoms. The largest absolute Gasteiger partial charge is 0.450 e. The van der Waals surface area contributed by atoms with Crippen LogP contribution in [0, 0.1) is 28.6 Å². The molecular formula is C26H34F2O5. The second-order valence-corrected chi connectivity index (χ2v) is 10.9. The predicted molar refractivity (Wildman–Crippen MR) is 118 cm³/mol. The van der Waals surface area contributed by atoms with Crippen LogP contribution in [0.4, 0.5) is 8.78 Å². The van der Waals surface area contributed by atoms with Gasteiger partial charge in [0, 0.05) is 29.1 Å². The van der Waals surface area contributed by atoms with E-state index >= 15 is 4.39 Å². The molecule has 2 unspecified atom stereocenters. The summed E-state index contributed by atoms with van der Waals surface area (Å²) in [5, 5.41) is 11.4. The number of aliphatic hydroxyl groups excluding tert-OH is 1. The van der Waals surface area contributed by atoms with Gasteiger partial charge in [-0.2, -0.15) is 0 Å². The van der Waals surface area contributed by atoms with E-state index in [1.54, 1.807) is 26.8 Å². The average molecular weight is 465 g/mol. The molecule has 0 spiro atoms. The van der Waals surface area contributed by atoms with Crippen LogP contribution in [0.1, 0.15) is 66.2 Å². The molecule has 0 aromatic rings. The van der Waals surface area contributed by atoms with Gasteiger partial charge in [-0.15, -0.1) is 0 Å². The van der Waals surface area contributed by atoms with E-state index in [2.05, 4.69) is 0 Å². The van der Waals surface area contributed by atoms with Crippen LogP contribution in [0.3, 0.4) is 0 Å². The van der Waals surface area contributed by atoms with Crippen molar-refractivity contribution in [3.05, 3.63) is 23.8 Å². The SMILES string of the molecule is CCCC(=O)O[C@]1(C(=O)CF)C(C)C[C@H]2[C@@H]3CCC4=CC(=O)C=C[C@]4(C)[C@@]3(F)C(O)C[C@@]21C. The molecule has 0 aliphatic heterocycles. The maximum absolute atomic E-state index is 17.2. The third-order valence-corrected chi connectivity index (χ3v) is 9.45. The zero-order valence-electron chi connectivity index (χ0n) is 19.8. The normalized spacial score (nSPS) is 46.2. The molecule has 182 valence electrons. The summed E-state index contributed by atoms with van der Waals surface area (Å²) in [6.45, 7) is 5.76. The molecular weight excluding hydrogens is 430 g/mol. The van der Waals surface area contributed by atoms with Gasteiger partial charge in [0.1, 0.15) is 0 Å². The van der Waals surface area contributed by atoms with Crippen LogP contribution in [-0.4, -0.2) is 46.7 Å². The second kappa shape index (κ2) is 7.82. The standard InChI is InChI=1S/C26H34F2O5/c1-5-6-22(32)33-26(21(31)14-27)15(2)11-19-18-8-7-16-12-17(29)9-10-23(16,3)25(18,28)20(30)13-24(19,26)4/h9-10,12,15,18-20,30H,5-8,11,13-14H2,1-4H3/t15?,18-,19-,20?,23-,24-,25-,26-/m0/s1. The van der Waals surface area contributed by atoms with Crippen molar-refractivity contribution < 1.29 is 33.0 Å². The van der Waals surface area contributed by atoms with Gasteiger partial charge in [-0.1, -0.05) is 32.4 Å². The molecule has 3 fully saturated rings. The molecule has 0 bridgehead atoms. The number of esters is 1. The number of hydrogen-bond acceptors (Lipinski definition) is 5. The summed E-state index contributed by atoms with van der Waals surface area (Å²) in [6.07, 6.45) is 4.69. The molecule has 1 N–H and O–H groups in total. The minimum Gasteiger partial charge on any atom is -0.450 e. The molecule has 7 heteroatoms. The number of Topliss-reactive ketones (excluding diaryl/α,β-unsaturated/α-hetero) is 1. The number of ketones is 2. The molecule has 0 amide bonds. The number of rotatable bonds is 5. The highest BCUT2D eigenvalue weighted by molar-refractivity contribution is 6.01. The van der Waals surface area contributed by atoms with Gasteiger partial charge in [0.15, 0.2) is 23.7 Å². The molecule has 5 nitrogen and oxygen atoms in total. The van der Waals surface area contributed by atoms with Gasteiger partial charge in [-0.05, 0) is 57.1 Å². The number of halogens is 2. The van der Waals surface area contributed by atoms with E-state index in [0.717, 1.165) is 0 Å². The van der Waals surface area contributed by atoms with E-state index in [-0.39, 0.29) is 18.6 Å². The number of carbonyl (C=O) groups is 3. The van der Waals surface area contributed by atoms with Crippen molar-refractivity contribution in [1.82, 2.24) is 0 Å². The van der Waals surface area contributed by atoms with Crippen LogP contribution >= 0.6 is 0 Å². The fourth-order valence-electron chi connectivity index (χ4n) is 7.93. The summed E-state index contributed by atoms with van der Waals surface area (Å²) < 4.78 is 37.0. The summed E-state index contributed by atoms with van der Waals surface area (Å²) >= 11 is 0. The first-order chi connectivity index (χ1) is 15.4. The van der Waals surface area contributed by atoms with E-state index < -0.39 is 64.4 Å². The van der Waals surface area contributed by atoms with Crippen molar-refractivity contribution >= 4 is 17.5 Å². The van der Waals surface area contributed by atoms with Gasteiger partial charge in [-0.25, -0.2) is 8.78 Å². The number of ether oxygens (including phenoxy) is 1. The highest BCUT2D eigenvalue weighted by Gasteiger charge is 2.77. The molecule has 4 aliphatic carbocycles. The Labute approximate surface area is 193 Å². The van der Waals surface area contributed by atoms with Crippen LogP contribution in [0.5, 0.6) is 0 Å². The van der Waals surface area contributed by atoms with Gasteiger partial charge >= 0.3 is 5.97 Å². The Morgan fingerprint density at radius 1 is 1.27 bits per heavy atom. The van der Waals surface area contributed by atoms with Crippen molar-refractivity contribution in [3.8, 4) is 0 Å². The van der Waals surface area contributed by atoms with Crippen LogP contribution < -0.4 is 0 Å². The van der Waals surface area contributed by atoms with E-state index in [1.165, 1.54) is 12.2 Å². The summed E-state index contributed by atoms with van der Waals surface area (Å²) in [5.41, 5.74) is -5.38. The molecule has 4 aliphatic rings. The third kappa shape index (κ3) is 2.93. The fraction of sp³-hybridized carbons (Fsp3) is 0.731. The van der Waals surface area contributed by atoms with Crippen molar-refractivity contribution in [2.45, 2.75) is 83.6 Å². The first kappa shape index (κ1) is 24.2. The predicted octanol–water partition coefficient (Wildman–Crippen LogP) is 4.22. The van der Waals surface area contributed by atoms with Gasteiger partial charge in [0.2, 0.25) is 5.78 Å². The molecule has 4 rings (SSSR count). The summed E-state index contributed by atoms with van der Waals surface area (Å²) in [6, 6.07) is 0. The highest BCUT2D eigenvalue weighted by Crippen LogP contribution is 2.71. The van der Waals surface area contributed by atoms with Crippen LogP contribution in [-0.2, 0) is 19.1 Å². The lowest BCUT2D eigenvalue weighted by Crippen LogP contribution is -2.70. The molecule has 0 radical (unpaired) electrons. The summed E-state index contributed by atoms with van der Waals surface area (Å²) in [5.74, 6) is -3.12. The average Bonchev–Trinajstić information content (AvgIpc) is 2.97. The third-order valence-electron chi connectivity index (χ3n) is 9.45. The first-order valence-corrected chi connectivity index (χ1v) is 12.0. The number of fused-ring (bicyclic) bond motifs is 5. The molecule has 0 heterocycles. The maximum Gasteiger partial charge on any atom is 0.306 e. The minimum atomic E-state index is -2.06. The van der Waals surface area contributed by atoms with Crippen molar-refractivity contribution in [2.24, 2.45) is 28.6 Å². The number of alkyl halides is 2. The molecule has 0 saturated heterocycles. The van der Waals surface area contributed by atoms with Crippen LogP contribution in [0.15, 0.2) is 23.8 Å². The number of aliphatic hydroxyl groups is 1. The quantitative estimate of drug-likeness (QED) is 0.616. The number of carbonyl (C=O) groups excluding carboxylic acids is 3. The van der Waals surface area contributed by atoms with Crippen molar-refractivity contribution in [1.29, 1.82) is 0 Å². The molecule has 0 aromatic heterocycles. The second-order valence-electron chi connectivity index (χ2n) is 10.9. The number of hydrogen-bond donors (Lipinski definition) is 1. The lowest BCUT2D eigenvalue weighted by atomic mass is 9.44. The van der Waals surface area contributed by atoms with Crippen LogP contribution in [0.2, 0.25) is 0 Å². The zero-order valence-corrected chi connectivity index (χ0v) is 19.8. The van der Waals surface area contributed by atoms with E-state index in [0.29, 0.717) is 31.3 Å². The molecule has 3 saturated carbocycles. The minimum absolute atomic E-state index is 0.0961. The van der Waals surface area contributed by atoms with Crippen LogP contribution in [0.25, 0.3) is 0 Å². The Balaban J connectivity index is 1.83. The maximum atomic E-state index is 17.2. The first-order valence-electron chi connectivity index (χ1n) is 12.0. The fourth-order valence-corrected chi connectivity index (χ4v) is 7.93. The van der Waals surface area contributed by atoms with Gasteiger partial charge in [-0.3, -0.25) is 14.4 Å². The lowest BCUT2D eigenvalue weighted by Gasteiger charge is -2.62. The Morgan fingerprint density at radius 2 is 1.97 bits per heavy atom. The molecule has 0 aromatic carbocycles. The van der Waals surface area contributed by atoms with Gasteiger partial charge in [0.25, 0.3) is 0 Å². The van der Waals surface area contributed by atoms with E-state index in [1.807, 2.05) is 6.92 Å². The van der Waals surface area contributed by atoms with E-state index in [9.17, 15) is 23.9 Å². The Bertz CT molecular complexity index is 943. The highest BCUT2D eigenvalue weighted by atomic mass is 19.1. The topological polar surface area (TPSA) is 80.7 Å². The summed E-state index contributed by atoms with van der Waals surface area (Å²) in [4.78, 5) is 37.7. The van der Waals surface area contributed by atoms with Crippen molar-refractivity contribution in [3.63, 3.8) is 0 Å². The number of allylic oxidation sites excluding steroid dienone is 4. The smallest absolute Gasteiger partial charge is 0.306 e. The Morgan fingerprint density at radius 3 is 2.61 bits per heavy atom. The van der Waals surface area contributed by atoms with Crippen molar-refractivity contribution in [2.75, 3.05) is 6.67 Å². The summed E-state index contributed by atoms with van der Waals surface area (Å²) in [7, 11) is 0. The zero-order chi connectivity index (χ0) is 24.4. The van der Waals surface area contributed by atoms with E-state index in [4.69, 9.17) is 4.74 Å². The lowest BCUT2D eigenvalue weighted by molar-refractivity contribution is -0.228. The monoisotopic (exact) mass is 464 g/mol. The Hall–Kier alpha value is -1.89. The van der Waals surface area contributed by atoms with Gasteiger partial charge in [0.05, 0.1) is 6.10 Å². The van der Waals surface area contributed by atoms with Gasteiger partial charge < -0.3 is 9.84 Å².